The molecule has 196 valence electrons. The maximum atomic E-state index is 13.1. The molecule has 0 radical (unpaired) electrons. The van der Waals surface area contributed by atoms with E-state index in [0.717, 1.165) is 22.0 Å². The largest absolute Gasteiger partial charge is 0.361 e. The molecule has 0 aliphatic carbocycles. The van der Waals surface area contributed by atoms with Crippen LogP contribution in [0.2, 0.25) is 0 Å². The number of amides is 1. The number of nitrogens with one attached hydrogen (secondary N) is 2. The summed E-state index contributed by atoms with van der Waals surface area (Å²) in [5.41, 5.74) is 9.40. The summed E-state index contributed by atoms with van der Waals surface area (Å²) < 4.78 is 26.3. The molecule has 2 aromatic heterocycles. The predicted molar refractivity (Wildman–Crippen MR) is 149 cm³/mol. The number of fused-ring (bicyclic) bond motifs is 1. The fourth-order valence-corrected chi connectivity index (χ4v) is 6.39. The average Bonchev–Trinajstić information content (AvgIpc) is 3.42. The summed E-state index contributed by atoms with van der Waals surface area (Å²) in [7, 11) is -3.50. The number of carbonyl (C=O) groups excluding carboxylic acids is 1. The fourth-order valence-electron chi connectivity index (χ4n) is 4.65. The quantitative estimate of drug-likeness (QED) is 0.329. The number of H-pyrrole nitrogens is 1. The number of rotatable bonds is 7. The second-order valence-corrected chi connectivity index (χ2v) is 11.7. The van der Waals surface area contributed by atoms with Crippen LogP contribution < -0.4 is 11.1 Å². The van der Waals surface area contributed by atoms with Crippen molar-refractivity contribution >= 4 is 50.4 Å². The van der Waals surface area contributed by atoms with Crippen LogP contribution in [0.15, 0.2) is 72.0 Å². The van der Waals surface area contributed by atoms with E-state index in [1.54, 1.807) is 48.5 Å². The van der Waals surface area contributed by atoms with Crippen LogP contribution in [-0.4, -0.2) is 58.6 Å². The zero-order valence-electron chi connectivity index (χ0n) is 21.0. The molecule has 0 bridgehead atoms. The van der Waals surface area contributed by atoms with Gasteiger partial charge in [-0.05, 0) is 61.7 Å². The Balaban J connectivity index is 1.20. The highest BCUT2D eigenvalue weighted by molar-refractivity contribution is 7.92. The van der Waals surface area contributed by atoms with Crippen LogP contribution in [0.5, 0.6) is 0 Å². The number of aromatic nitrogens is 3. The Morgan fingerprint density at radius 3 is 2.47 bits per heavy atom. The van der Waals surface area contributed by atoms with Gasteiger partial charge in [0, 0.05) is 53.8 Å². The van der Waals surface area contributed by atoms with Crippen molar-refractivity contribution in [3.8, 4) is 0 Å². The third kappa shape index (κ3) is 5.46. The van der Waals surface area contributed by atoms with E-state index in [-0.39, 0.29) is 10.8 Å². The van der Waals surface area contributed by atoms with E-state index >= 15 is 0 Å². The molecule has 10 heteroatoms. The minimum absolute atomic E-state index is 0.142. The van der Waals surface area contributed by atoms with E-state index in [2.05, 4.69) is 26.3 Å². The number of likely N-dealkylation sites (tertiary alicyclic amines) is 1. The van der Waals surface area contributed by atoms with Gasteiger partial charge in [0.05, 0.1) is 16.2 Å². The number of carbonyl (C=O) groups is 1. The van der Waals surface area contributed by atoms with Gasteiger partial charge in [0.15, 0.2) is 9.84 Å². The van der Waals surface area contributed by atoms with Gasteiger partial charge in [0.1, 0.15) is 0 Å². The second kappa shape index (κ2) is 10.8. The summed E-state index contributed by atoms with van der Waals surface area (Å²) in [4.78, 5) is 26.0. The third-order valence-corrected chi connectivity index (χ3v) is 9.06. The molecule has 1 aliphatic heterocycles. The Bertz CT molecular complexity index is 1550. The predicted octanol–water partition coefficient (Wildman–Crippen LogP) is 3.98. The molecule has 1 amide bonds. The summed E-state index contributed by atoms with van der Waals surface area (Å²) in [5.74, 6) is 0.272. The molecule has 1 atom stereocenters. The molecular weight excluding hydrogens is 500 g/mol. The summed E-state index contributed by atoms with van der Waals surface area (Å²) >= 11 is 0. The maximum absolute atomic E-state index is 13.1. The number of sulfone groups is 1. The fraction of sp³-hybridized carbons (Fsp3) is 0.250. The summed E-state index contributed by atoms with van der Waals surface area (Å²) in [6.07, 6.45) is 10.2. The van der Waals surface area contributed by atoms with Crippen molar-refractivity contribution in [2.75, 3.05) is 18.4 Å². The van der Waals surface area contributed by atoms with E-state index in [9.17, 15) is 13.2 Å². The number of benzene rings is 2. The molecule has 1 saturated heterocycles. The lowest BCUT2D eigenvalue weighted by Crippen LogP contribution is -2.48. The Morgan fingerprint density at radius 2 is 1.79 bits per heavy atom. The van der Waals surface area contributed by atoms with Crippen molar-refractivity contribution < 1.29 is 13.2 Å². The number of piperidine rings is 1. The highest BCUT2D eigenvalue weighted by Crippen LogP contribution is 2.26. The van der Waals surface area contributed by atoms with Crippen LogP contribution in [0.1, 0.15) is 30.9 Å². The Hall–Kier alpha value is -4.02. The molecule has 38 heavy (non-hydrogen) atoms. The number of nitrogens with two attached hydrogens (primary N) is 1. The number of aromatic amines is 1. The van der Waals surface area contributed by atoms with Gasteiger partial charge < -0.3 is 20.9 Å². The van der Waals surface area contributed by atoms with Crippen LogP contribution in [0.3, 0.4) is 0 Å². The molecule has 9 nitrogen and oxygen atoms in total. The molecule has 0 saturated carbocycles. The zero-order chi connectivity index (χ0) is 26.7. The zero-order valence-corrected chi connectivity index (χ0v) is 21.9. The van der Waals surface area contributed by atoms with Crippen molar-refractivity contribution in [1.82, 2.24) is 19.9 Å². The molecule has 3 heterocycles. The van der Waals surface area contributed by atoms with Crippen molar-refractivity contribution in [2.45, 2.75) is 36.0 Å². The molecule has 2 aromatic carbocycles. The summed E-state index contributed by atoms with van der Waals surface area (Å²) in [6.45, 7) is 2.44. The molecular formula is C28H30N6O3S. The van der Waals surface area contributed by atoms with Gasteiger partial charge in [-0.2, -0.15) is 0 Å². The van der Waals surface area contributed by atoms with Gasteiger partial charge in [-0.15, -0.1) is 0 Å². The standard InChI is InChI=1S/C28H30N6O3S/c1-19(29)27(35)34-15-12-24(13-16-34)38(36,37)23-9-7-22(8-10-23)33-28-31-17-20(18-32-28)5-6-21-3-2-4-26-25(21)11-14-30-26/h2-11,14,17-19,24,30H,12-13,15-16,29H2,1H3,(H,31,32,33)/b6-5+/t19-/m0/s1. The molecule has 4 aromatic rings. The van der Waals surface area contributed by atoms with Crippen molar-refractivity contribution in [1.29, 1.82) is 0 Å². The highest BCUT2D eigenvalue weighted by Gasteiger charge is 2.33. The van der Waals surface area contributed by atoms with Gasteiger partial charge in [-0.1, -0.05) is 24.3 Å². The molecule has 5 rings (SSSR count). The lowest BCUT2D eigenvalue weighted by Gasteiger charge is -2.32. The molecule has 1 fully saturated rings. The first kappa shape index (κ1) is 25.6. The summed E-state index contributed by atoms with van der Waals surface area (Å²) in [6, 6.07) is 14.2. The lowest BCUT2D eigenvalue weighted by molar-refractivity contribution is -0.133. The Morgan fingerprint density at radius 1 is 1.08 bits per heavy atom. The first-order valence-corrected chi connectivity index (χ1v) is 14.1. The van der Waals surface area contributed by atoms with Gasteiger partial charge in [-0.3, -0.25) is 4.79 Å². The second-order valence-electron chi connectivity index (χ2n) is 9.47. The monoisotopic (exact) mass is 530 g/mol. The van der Waals surface area contributed by atoms with Crippen LogP contribution in [0, 0.1) is 0 Å². The van der Waals surface area contributed by atoms with Crippen molar-refractivity contribution in [3.05, 3.63) is 78.2 Å². The Kier molecular flexibility index (Phi) is 7.26. The van der Waals surface area contributed by atoms with E-state index in [1.165, 1.54) is 0 Å². The first-order valence-electron chi connectivity index (χ1n) is 12.5. The van der Waals surface area contributed by atoms with Gasteiger partial charge in [0.2, 0.25) is 11.9 Å². The van der Waals surface area contributed by atoms with E-state index in [4.69, 9.17) is 5.73 Å². The van der Waals surface area contributed by atoms with Crippen molar-refractivity contribution in [3.63, 3.8) is 0 Å². The van der Waals surface area contributed by atoms with Crippen LogP contribution in [0.25, 0.3) is 23.1 Å². The smallest absolute Gasteiger partial charge is 0.239 e. The molecule has 4 N–H and O–H groups in total. The summed E-state index contributed by atoms with van der Waals surface area (Å²) in [5, 5.41) is 3.74. The normalized spacial score (nSPS) is 15.7. The topological polar surface area (TPSA) is 134 Å². The number of anilines is 2. The van der Waals surface area contributed by atoms with Crippen LogP contribution in [-0.2, 0) is 14.6 Å². The van der Waals surface area contributed by atoms with Gasteiger partial charge in [0.25, 0.3) is 0 Å². The Labute approximate surface area is 221 Å². The third-order valence-electron chi connectivity index (χ3n) is 6.78. The van der Waals surface area contributed by atoms with Crippen LogP contribution >= 0.6 is 0 Å². The van der Waals surface area contributed by atoms with Crippen LogP contribution in [0.4, 0.5) is 11.6 Å². The minimum atomic E-state index is -3.50. The van der Waals surface area contributed by atoms with Gasteiger partial charge >= 0.3 is 0 Å². The minimum Gasteiger partial charge on any atom is -0.361 e. The average molecular weight is 531 g/mol. The number of hydrogen-bond donors (Lipinski definition) is 3. The number of nitrogens with zero attached hydrogens (tertiary/aromatic N) is 3. The van der Waals surface area contributed by atoms with Crippen molar-refractivity contribution in [2.24, 2.45) is 5.73 Å². The highest BCUT2D eigenvalue weighted by atomic mass is 32.2. The molecule has 0 spiro atoms. The van der Waals surface area contributed by atoms with E-state index in [1.807, 2.05) is 36.5 Å². The maximum Gasteiger partial charge on any atom is 0.239 e. The first-order chi connectivity index (χ1) is 18.3. The molecule has 1 aliphatic rings. The molecule has 0 unspecified atom stereocenters. The number of hydrogen-bond acceptors (Lipinski definition) is 7. The van der Waals surface area contributed by atoms with Gasteiger partial charge in [-0.25, -0.2) is 18.4 Å². The van der Waals surface area contributed by atoms with E-state index < -0.39 is 21.1 Å². The van der Waals surface area contributed by atoms with E-state index in [0.29, 0.717) is 37.6 Å². The SMILES string of the molecule is C[C@H](N)C(=O)N1CCC(S(=O)(=O)c2ccc(Nc3ncc(/C=C/c4cccc5[nH]ccc45)cn3)cc2)CC1. The lowest BCUT2D eigenvalue weighted by atomic mass is 10.1.